The number of hydrogen-bond acceptors (Lipinski definition) is 4. The minimum atomic E-state index is -0.190. The SMILES string of the molecule is Cc1ccnc(C(C)C)c1-n1c(=O)n(C)c2cnc(Cl)nc21. The number of nitrogens with zero attached hydrogens (tertiary/aromatic N) is 5. The first kappa shape index (κ1) is 14.7. The molecule has 0 unspecified atom stereocenters. The van der Waals surface area contributed by atoms with Gasteiger partial charge in [-0.1, -0.05) is 13.8 Å². The summed E-state index contributed by atoms with van der Waals surface area (Å²) in [6.07, 6.45) is 3.32. The Hall–Kier alpha value is -2.21. The van der Waals surface area contributed by atoms with Gasteiger partial charge in [-0.25, -0.2) is 14.3 Å². The van der Waals surface area contributed by atoms with Gasteiger partial charge in [0.15, 0.2) is 5.65 Å². The summed E-state index contributed by atoms with van der Waals surface area (Å²) in [5, 5.41) is 0.111. The van der Waals surface area contributed by atoms with E-state index in [1.54, 1.807) is 24.0 Å². The Morgan fingerprint density at radius 2 is 2.00 bits per heavy atom. The van der Waals surface area contributed by atoms with Crippen molar-refractivity contribution in [3.05, 3.63) is 45.5 Å². The number of imidazole rings is 1. The van der Waals surface area contributed by atoms with Crippen LogP contribution in [0.1, 0.15) is 31.0 Å². The van der Waals surface area contributed by atoms with Gasteiger partial charge in [0.1, 0.15) is 5.52 Å². The van der Waals surface area contributed by atoms with Gasteiger partial charge in [0.25, 0.3) is 0 Å². The second kappa shape index (κ2) is 5.21. The van der Waals surface area contributed by atoms with Crippen LogP contribution in [0.5, 0.6) is 0 Å². The monoisotopic (exact) mass is 317 g/mol. The van der Waals surface area contributed by atoms with Gasteiger partial charge in [-0.05, 0) is 36.1 Å². The first-order valence-electron chi connectivity index (χ1n) is 6.97. The molecule has 0 aromatic carbocycles. The topological polar surface area (TPSA) is 65.6 Å². The summed E-state index contributed by atoms with van der Waals surface area (Å²) in [6, 6.07) is 1.88. The summed E-state index contributed by atoms with van der Waals surface area (Å²) in [5.74, 6) is 0.175. The fourth-order valence-electron chi connectivity index (χ4n) is 2.58. The molecule has 0 aliphatic heterocycles. The van der Waals surface area contributed by atoms with E-state index in [0.717, 1.165) is 16.9 Å². The highest BCUT2D eigenvalue weighted by atomic mass is 35.5. The number of fused-ring (bicyclic) bond motifs is 1. The fraction of sp³-hybridized carbons (Fsp3) is 0.333. The Bertz CT molecular complexity index is 926. The Morgan fingerprint density at radius 3 is 2.68 bits per heavy atom. The molecule has 0 radical (unpaired) electrons. The van der Waals surface area contributed by atoms with Gasteiger partial charge in [-0.15, -0.1) is 0 Å². The zero-order chi connectivity index (χ0) is 16.0. The number of halogens is 1. The molecule has 3 aromatic rings. The molecule has 0 saturated carbocycles. The molecular formula is C15H16ClN5O. The van der Waals surface area contributed by atoms with Crippen molar-refractivity contribution in [2.75, 3.05) is 0 Å². The van der Waals surface area contributed by atoms with Crippen molar-refractivity contribution in [1.82, 2.24) is 24.1 Å². The summed E-state index contributed by atoms with van der Waals surface area (Å²) in [4.78, 5) is 25.4. The molecule has 22 heavy (non-hydrogen) atoms. The van der Waals surface area contributed by atoms with Crippen LogP contribution in [0.4, 0.5) is 0 Å². The standard InChI is InChI=1S/C15H16ClN5O/c1-8(2)11-12(9(3)5-6-17-11)21-13-10(20(4)15(21)22)7-18-14(16)19-13/h5-8H,1-4H3. The molecule has 0 aliphatic carbocycles. The number of rotatable bonds is 2. The molecule has 0 spiro atoms. The van der Waals surface area contributed by atoms with Crippen molar-refractivity contribution in [3.8, 4) is 5.69 Å². The number of aromatic nitrogens is 5. The van der Waals surface area contributed by atoms with Gasteiger partial charge in [0, 0.05) is 13.2 Å². The lowest BCUT2D eigenvalue weighted by atomic mass is 10.0. The molecule has 0 aliphatic rings. The minimum Gasteiger partial charge on any atom is -0.292 e. The summed E-state index contributed by atoms with van der Waals surface area (Å²) in [7, 11) is 1.69. The van der Waals surface area contributed by atoms with Crippen molar-refractivity contribution in [3.63, 3.8) is 0 Å². The van der Waals surface area contributed by atoms with E-state index in [2.05, 4.69) is 15.0 Å². The summed E-state index contributed by atoms with van der Waals surface area (Å²) >= 11 is 5.92. The highest BCUT2D eigenvalue weighted by Crippen LogP contribution is 2.25. The molecular weight excluding hydrogens is 302 g/mol. The molecule has 6 nitrogen and oxygen atoms in total. The van der Waals surface area contributed by atoms with Gasteiger partial charge >= 0.3 is 5.69 Å². The smallest absolute Gasteiger partial charge is 0.292 e. The predicted molar refractivity (Wildman–Crippen MR) is 85.7 cm³/mol. The lowest BCUT2D eigenvalue weighted by molar-refractivity contribution is 0.780. The predicted octanol–water partition coefficient (Wildman–Crippen LogP) is 2.60. The molecule has 0 amide bonds. The van der Waals surface area contributed by atoms with Gasteiger partial charge in [-0.2, -0.15) is 4.98 Å². The van der Waals surface area contributed by atoms with Gasteiger partial charge < -0.3 is 0 Å². The van der Waals surface area contributed by atoms with Crippen LogP contribution in [0.2, 0.25) is 5.28 Å². The lowest BCUT2D eigenvalue weighted by Crippen LogP contribution is -2.23. The molecule has 0 fully saturated rings. The van der Waals surface area contributed by atoms with Crippen LogP contribution in [0.15, 0.2) is 23.3 Å². The van der Waals surface area contributed by atoms with E-state index in [-0.39, 0.29) is 16.9 Å². The van der Waals surface area contributed by atoms with E-state index in [0.29, 0.717) is 11.2 Å². The quantitative estimate of drug-likeness (QED) is 0.681. The highest BCUT2D eigenvalue weighted by molar-refractivity contribution is 6.28. The van der Waals surface area contributed by atoms with E-state index in [4.69, 9.17) is 11.6 Å². The maximum atomic E-state index is 12.7. The molecule has 7 heteroatoms. The maximum Gasteiger partial charge on any atom is 0.334 e. The summed E-state index contributed by atoms with van der Waals surface area (Å²) in [5.41, 5.74) is 3.51. The Labute approximate surface area is 132 Å². The molecule has 3 rings (SSSR count). The summed E-state index contributed by atoms with van der Waals surface area (Å²) < 4.78 is 3.09. The third kappa shape index (κ3) is 2.11. The average molecular weight is 318 g/mol. The largest absolute Gasteiger partial charge is 0.334 e. The second-order valence-corrected chi connectivity index (χ2v) is 5.88. The third-order valence-electron chi connectivity index (χ3n) is 3.70. The van der Waals surface area contributed by atoms with Crippen LogP contribution in [-0.4, -0.2) is 24.1 Å². The van der Waals surface area contributed by atoms with E-state index in [1.807, 2.05) is 26.8 Å². The minimum absolute atomic E-state index is 0.111. The summed E-state index contributed by atoms with van der Waals surface area (Å²) in [6.45, 7) is 6.05. The van der Waals surface area contributed by atoms with Crippen molar-refractivity contribution < 1.29 is 0 Å². The van der Waals surface area contributed by atoms with E-state index < -0.39 is 0 Å². The van der Waals surface area contributed by atoms with Crippen LogP contribution >= 0.6 is 11.6 Å². The van der Waals surface area contributed by atoms with Gasteiger partial charge in [-0.3, -0.25) is 9.55 Å². The third-order valence-corrected chi connectivity index (χ3v) is 3.88. The zero-order valence-electron chi connectivity index (χ0n) is 12.8. The number of pyridine rings is 1. The van der Waals surface area contributed by atoms with Crippen molar-refractivity contribution in [2.45, 2.75) is 26.7 Å². The molecule has 0 atom stereocenters. The Balaban J connectivity index is 2.49. The fourth-order valence-corrected chi connectivity index (χ4v) is 2.71. The van der Waals surface area contributed by atoms with E-state index >= 15 is 0 Å². The van der Waals surface area contributed by atoms with Crippen LogP contribution < -0.4 is 5.69 Å². The highest BCUT2D eigenvalue weighted by Gasteiger charge is 2.20. The van der Waals surface area contributed by atoms with Crippen LogP contribution in [0.3, 0.4) is 0 Å². The number of aryl methyl sites for hydroxylation is 2. The van der Waals surface area contributed by atoms with Crippen molar-refractivity contribution in [1.29, 1.82) is 0 Å². The normalized spacial score (nSPS) is 11.5. The molecule has 3 aromatic heterocycles. The Morgan fingerprint density at radius 1 is 1.27 bits per heavy atom. The first-order valence-corrected chi connectivity index (χ1v) is 7.35. The van der Waals surface area contributed by atoms with Gasteiger partial charge in [0.05, 0.1) is 17.6 Å². The van der Waals surface area contributed by atoms with Crippen LogP contribution in [0, 0.1) is 6.92 Å². The van der Waals surface area contributed by atoms with Gasteiger partial charge in [0.2, 0.25) is 5.28 Å². The molecule has 0 bridgehead atoms. The first-order chi connectivity index (χ1) is 10.4. The maximum absolute atomic E-state index is 12.7. The lowest BCUT2D eigenvalue weighted by Gasteiger charge is -2.14. The van der Waals surface area contributed by atoms with E-state index in [1.165, 1.54) is 4.57 Å². The van der Waals surface area contributed by atoms with Crippen molar-refractivity contribution in [2.24, 2.45) is 7.05 Å². The average Bonchev–Trinajstić information content (AvgIpc) is 2.70. The molecule has 114 valence electrons. The Kier molecular flexibility index (Phi) is 3.48. The number of hydrogen-bond donors (Lipinski definition) is 0. The molecule has 0 saturated heterocycles. The molecule has 0 N–H and O–H groups in total. The van der Waals surface area contributed by atoms with Crippen LogP contribution in [-0.2, 0) is 7.05 Å². The molecule has 3 heterocycles. The van der Waals surface area contributed by atoms with Crippen LogP contribution in [0.25, 0.3) is 16.9 Å². The second-order valence-electron chi connectivity index (χ2n) is 5.54. The zero-order valence-corrected chi connectivity index (χ0v) is 13.6. The van der Waals surface area contributed by atoms with Crippen molar-refractivity contribution >= 4 is 22.8 Å². The van der Waals surface area contributed by atoms with E-state index in [9.17, 15) is 4.79 Å².